The minimum atomic E-state index is -3.80. The zero-order valence-electron chi connectivity index (χ0n) is 13.7. The van der Waals surface area contributed by atoms with Crippen LogP contribution in [0, 0.1) is 13.8 Å². The summed E-state index contributed by atoms with van der Waals surface area (Å²) in [6, 6.07) is 8.44. The Hall–Kier alpha value is -1.77. The third-order valence-corrected chi connectivity index (χ3v) is 6.54. The van der Waals surface area contributed by atoms with E-state index in [1.54, 1.807) is 31.2 Å². The normalized spacial score (nSPS) is 13.6. The number of rotatable bonds is 6. The molecule has 0 amide bonds. The minimum absolute atomic E-state index is 0.201. The number of hydrogen-bond acceptors (Lipinski definition) is 5. The molecular formula is C16H20N2O4S2. The second kappa shape index (κ2) is 7.00. The molecule has 2 rings (SSSR count). The van der Waals surface area contributed by atoms with Gasteiger partial charge in [0.25, 0.3) is 0 Å². The third kappa shape index (κ3) is 4.40. The molecule has 0 saturated carbocycles. The predicted octanol–water partition coefficient (Wildman–Crippen LogP) is 1.76. The number of nitrogens with one attached hydrogen (secondary N) is 1. The van der Waals surface area contributed by atoms with Crippen molar-refractivity contribution in [3.63, 3.8) is 0 Å². The summed E-state index contributed by atoms with van der Waals surface area (Å²) < 4.78 is 51.5. The van der Waals surface area contributed by atoms with Crippen LogP contribution in [0.3, 0.4) is 0 Å². The first-order valence-corrected chi connectivity index (χ1v) is 10.7. The smallest absolute Gasteiger partial charge is 0.208 e. The summed E-state index contributed by atoms with van der Waals surface area (Å²) >= 11 is 0. The number of aromatic nitrogens is 1. The third-order valence-electron chi connectivity index (χ3n) is 3.61. The van der Waals surface area contributed by atoms with Crippen molar-refractivity contribution in [3.8, 4) is 0 Å². The molecule has 0 bridgehead atoms. The van der Waals surface area contributed by atoms with Crippen molar-refractivity contribution in [1.82, 2.24) is 9.71 Å². The van der Waals surface area contributed by atoms with Gasteiger partial charge in [0.05, 0.1) is 11.2 Å². The lowest BCUT2D eigenvalue weighted by Crippen LogP contribution is -2.31. The maximum atomic E-state index is 13.2. The molecule has 1 atom stereocenters. The Balaban J connectivity index is 2.55. The number of nitrogens with zero attached hydrogens (tertiary/aromatic N) is 1. The maximum absolute atomic E-state index is 13.2. The lowest BCUT2D eigenvalue weighted by Gasteiger charge is -2.19. The maximum Gasteiger partial charge on any atom is 0.208 e. The van der Waals surface area contributed by atoms with Crippen LogP contribution in [-0.2, 0) is 19.9 Å². The van der Waals surface area contributed by atoms with E-state index in [9.17, 15) is 16.8 Å². The molecule has 0 fully saturated rings. The molecule has 1 heterocycles. The van der Waals surface area contributed by atoms with Crippen molar-refractivity contribution >= 4 is 19.9 Å². The topological polar surface area (TPSA) is 93.2 Å². The zero-order valence-corrected chi connectivity index (χ0v) is 15.4. The fraction of sp³-hybridized carbons (Fsp3) is 0.312. The van der Waals surface area contributed by atoms with Crippen LogP contribution < -0.4 is 4.72 Å². The lowest BCUT2D eigenvalue weighted by atomic mass is 10.2. The summed E-state index contributed by atoms with van der Waals surface area (Å²) in [4.78, 5) is 4.16. The fourth-order valence-corrected chi connectivity index (χ4v) is 4.92. The molecule has 24 heavy (non-hydrogen) atoms. The molecule has 1 aromatic carbocycles. The Labute approximate surface area is 142 Å². The van der Waals surface area contributed by atoms with E-state index in [2.05, 4.69) is 9.71 Å². The van der Waals surface area contributed by atoms with E-state index in [1.807, 2.05) is 13.0 Å². The SMILES string of the molecule is Cc1ccc(C)c(S(=O)(=O)[C@@H](CNS(C)(=O)=O)c2cccnc2)c1. The van der Waals surface area contributed by atoms with Crippen LogP contribution in [-0.4, -0.2) is 34.6 Å². The Kier molecular flexibility index (Phi) is 5.42. The van der Waals surface area contributed by atoms with Crippen LogP contribution in [0.4, 0.5) is 0 Å². The van der Waals surface area contributed by atoms with Crippen LogP contribution in [0.1, 0.15) is 21.9 Å². The molecule has 0 aliphatic carbocycles. The van der Waals surface area contributed by atoms with E-state index in [1.165, 1.54) is 12.4 Å². The minimum Gasteiger partial charge on any atom is -0.264 e. The molecule has 2 aromatic rings. The van der Waals surface area contributed by atoms with E-state index in [0.717, 1.165) is 11.8 Å². The first-order chi connectivity index (χ1) is 11.1. The Bertz CT molecular complexity index is 924. The average molecular weight is 368 g/mol. The molecule has 1 aromatic heterocycles. The summed E-state index contributed by atoms with van der Waals surface area (Å²) in [6.07, 6.45) is 3.98. The number of hydrogen-bond donors (Lipinski definition) is 1. The Morgan fingerprint density at radius 2 is 1.83 bits per heavy atom. The number of aryl methyl sites for hydroxylation is 2. The van der Waals surface area contributed by atoms with Crippen molar-refractivity contribution in [2.45, 2.75) is 24.0 Å². The highest BCUT2D eigenvalue weighted by molar-refractivity contribution is 7.92. The van der Waals surface area contributed by atoms with Gasteiger partial charge in [0.2, 0.25) is 10.0 Å². The van der Waals surface area contributed by atoms with E-state index in [4.69, 9.17) is 0 Å². The Morgan fingerprint density at radius 3 is 2.42 bits per heavy atom. The summed E-state index contributed by atoms with van der Waals surface area (Å²) in [6.45, 7) is 3.28. The zero-order chi connectivity index (χ0) is 18.0. The molecule has 1 N–H and O–H groups in total. The quantitative estimate of drug-likeness (QED) is 0.839. The number of pyridine rings is 1. The molecule has 130 valence electrons. The molecule has 0 unspecified atom stereocenters. The number of sulfonamides is 1. The van der Waals surface area contributed by atoms with Gasteiger partial charge in [-0.15, -0.1) is 0 Å². The lowest BCUT2D eigenvalue weighted by molar-refractivity contribution is 0.571. The van der Waals surface area contributed by atoms with E-state index in [-0.39, 0.29) is 11.4 Å². The van der Waals surface area contributed by atoms with E-state index < -0.39 is 25.1 Å². The molecule has 8 heteroatoms. The molecule has 0 aliphatic heterocycles. The van der Waals surface area contributed by atoms with Gasteiger partial charge in [-0.25, -0.2) is 21.6 Å². The standard InChI is InChI=1S/C16H20N2O4S2/c1-12-6-7-13(2)15(9-12)24(21,22)16(11-18-23(3,19)20)14-5-4-8-17-10-14/h4-10,16,18H,11H2,1-3H3/t16-/m0/s1. The van der Waals surface area contributed by atoms with Crippen molar-refractivity contribution < 1.29 is 16.8 Å². The van der Waals surface area contributed by atoms with Gasteiger partial charge in [-0.05, 0) is 42.7 Å². The molecule has 6 nitrogen and oxygen atoms in total. The highest BCUT2D eigenvalue weighted by Gasteiger charge is 2.31. The first-order valence-electron chi connectivity index (χ1n) is 7.27. The molecule has 0 radical (unpaired) electrons. The monoisotopic (exact) mass is 368 g/mol. The van der Waals surface area contributed by atoms with Gasteiger partial charge in [0.15, 0.2) is 9.84 Å². The van der Waals surface area contributed by atoms with E-state index >= 15 is 0 Å². The summed E-state index contributed by atoms with van der Waals surface area (Å²) in [7, 11) is -7.32. The predicted molar refractivity (Wildman–Crippen MR) is 92.9 cm³/mol. The van der Waals surface area contributed by atoms with Gasteiger partial charge in [0.1, 0.15) is 5.25 Å². The van der Waals surface area contributed by atoms with Crippen molar-refractivity contribution in [2.75, 3.05) is 12.8 Å². The fourth-order valence-electron chi connectivity index (χ4n) is 2.37. The van der Waals surface area contributed by atoms with Gasteiger partial charge < -0.3 is 0 Å². The summed E-state index contributed by atoms with van der Waals surface area (Å²) in [5.74, 6) is 0. The number of sulfone groups is 1. The van der Waals surface area contributed by atoms with Crippen molar-refractivity contribution in [1.29, 1.82) is 0 Å². The van der Waals surface area contributed by atoms with Crippen LogP contribution >= 0.6 is 0 Å². The van der Waals surface area contributed by atoms with Crippen LogP contribution in [0.2, 0.25) is 0 Å². The highest BCUT2D eigenvalue weighted by atomic mass is 32.2. The van der Waals surface area contributed by atoms with Crippen molar-refractivity contribution in [2.24, 2.45) is 0 Å². The number of benzene rings is 1. The molecular weight excluding hydrogens is 348 g/mol. The van der Waals surface area contributed by atoms with Gasteiger partial charge in [0, 0.05) is 18.9 Å². The summed E-state index contributed by atoms with van der Waals surface area (Å²) in [5.41, 5.74) is 1.88. The first kappa shape index (κ1) is 18.6. The molecule has 0 spiro atoms. The second-order valence-electron chi connectivity index (χ2n) is 5.71. The van der Waals surface area contributed by atoms with Gasteiger partial charge in [-0.2, -0.15) is 0 Å². The van der Waals surface area contributed by atoms with Crippen LogP contribution in [0.25, 0.3) is 0 Å². The van der Waals surface area contributed by atoms with Gasteiger partial charge >= 0.3 is 0 Å². The van der Waals surface area contributed by atoms with Gasteiger partial charge in [-0.3, -0.25) is 4.98 Å². The molecule has 0 aliphatic rings. The van der Waals surface area contributed by atoms with Crippen molar-refractivity contribution in [3.05, 3.63) is 59.4 Å². The van der Waals surface area contributed by atoms with Crippen LogP contribution in [0.15, 0.2) is 47.6 Å². The van der Waals surface area contributed by atoms with Crippen LogP contribution in [0.5, 0.6) is 0 Å². The largest absolute Gasteiger partial charge is 0.264 e. The van der Waals surface area contributed by atoms with E-state index in [0.29, 0.717) is 11.1 Å². The Morgan fingerprint density at radius 1 is 1.12 bits per heavy atom. The second-order valence-corrected chi connectivity index (χ2v) is 9.64. The summed E-state index contributed by atoms with van der Waals surface area (Å²) in [5, 5.41) is -1.05. The average Bonchev–Trinajstić information content (AvgIpc) is 2.49. The van der Waals surface area contributed by atoms with Gasteiger partial charge in [-0.1, -0.05) is 18.2 Å². The molecule has 0 saturated heterocycles. The highest BCUT2D eigenvalue weighted by Crippen LogP contribution is 2.30.